The number of carboxylic acids is 1. The van der Waals surface area contributed by atoms with Crippen LogP contribution in [0.5, 0.6) is 0 Å². The van der Waals surface area contributed by atoms with Gasteiger partial charge in [-0.25, -0.2) is 4.39 Å². The van der Waals surface area contributed by atoms with Crippen molar-refractivity contribution < 1.29 is 23.8 Å². The van der Waals surface area contributed by atoms with E-state index in [4.69, 9.17) is 4.74 Å². The number of hydrogen-bond donors (Lipinski definition) is 2. The molecule has 0 aliphatic carbocycles. The summed E-state index contributed by atoms with van der Waals surface area (Å²) < 4.78 is 19.1. The maximum Gasteiger partial charge on any atom is 0.311 e. The molecule has 1 aromatic carbocycles. The first-order chi connectivity index (χ1) is 12.4. The van der Waals surface area contributed by atoms with Gasteiger partial charge in [0.1, 0.15) is 5.82 Å². The standard InChI is InChI=1S/C19H21FN2O4/c1-11-14(15-6-13(20)2-3-16(15)21-11)7-17(23)22-8-12-9-26-5-4-19(12,10-22)18(24)25/h2-3,6,12,21H,4-5,7-10H2,1H3,(H,24,25)/t12-,19+/m1/s1. The molecule has 2 saturated heterocycles. The van der Waals surface area contributed by atoms with Gasteiger partial charge >= 0.3 is 5.97 Å². The topological polar surface area (TPSA) is 82.6 Å². The summed E-state index contributed by atoms with van der Waals surface area (Å²) in [5.74, 6) is -1.52. The molecule has 7 heteroatoms. The molecule has 4 rings (SSSR count). The van der Waals surface area contributed by atoms with Crippen molar-refractivity contribution in [2.75, 3.05) is 26.3 Å². The van der Waals surface area contributed by atoms with E-state index in [1.807, 2.05) is 6.92 Å². The number of carbonyl (C=O) groups is 2. The second-order valence-electron chi connectivity index (χ2n) is 7.35. The van der Waals surface area contributed by atoms with Gasteiger partial charge in [-0.2, -0.15) is 0 Å². The normalized spacial score (nSPS) is 25.5. The number of hydrogen-bond acceptors (Lipinski definition) is 3. The maximum atomic E-state index is 13.6. The van der Waals surface area contributed by atoms with Gasteiger partial charge in [0.25, 0.3) is 0 Å². The highest BCUT2D eigenvalue weighted by Gasteiger charge is 2.54. The molecular weight excluding hydrogens is 339 g/mol. The number of likely N-dealkylation sites (tertiary alicyclic amines) is 1. The van der Waals surface area contributed by atoms with Gasteiger partial charge in [-0.05, 0) is 37.1 Å². The zero-order valence-corrected chi connectivity index (χ0v) is 14.5. The largest absolute Gasteiger partial charge is 0.481 e. The number of carbonyl (C=O) groups excluding carboxylic acids is 1. The Morgan fingerprint density at radius 1 is 1.46 bits per heavy atom. The second kappa shape index (κ2) is 6.09. The number of aromatic amines is 1. The van der Waals surface area contributed by atoms with Crippen molar-refractivity contribution in [1.29, 1.82) is 0 Å². The van der Waals surface area contributed by atoms with Crippen LogP contribution >= 0.6 is 0 Å². The van der Waals surface area contributed by atoms with Crippen molar-refractivity contribution in [2.45, 2.75) is 19.8 Å². The quantitative estimate of drug-likeness (QED) is 0.878. The Balaban J connectivity index is 1.59. The molecule has 2 fully saturated rings. The van der Waals surface area contributed by atoms with Crippen LogP contribution in [0.3, 0.4) is 0 Å². The SMILES string of the molecule is Cc1[nH]c2ccc(F)cc2c1CC(=O)N1C[C@@H]2COCC[C@]2(C(=O)O)C1. The first-order valence-electron chi connectivity index (χ1n) is 8.76. The average Bonchev–Trinajstić information content (AvgIpc) is 3.14. The summed E-state index contributed by atoms with van der Waals surface area (Å²) in [6, 6.07) is 4.47. The van der Waals surface area contributed by atoms with Crippen LogP contribution in [-0.4, -0.2) is 53.2 Å². The third-order valence-electron chi connectivity index (χ3n) is 5.90. The first kappa shape index (κ1) is 17.0. The number of fused-ring (bicyclic) bond motifs is 2. The van der Waals surface area contributed by atoms with E-state index in [0.717, 1.165) is 16.8 Å². The number of H-pyrrole nitrogens is 1. The Morgan fingerprint density at radius 2 is 2.27 bits per heavy atom. The molecule has 2 atom stereocenters. The highest BCUT2D eigenvalue weighted by molar-refractivity contribution is 5.90. The molecule has 3 heterocycles. The molecule has 0 radical (unpaired) electrons. The number of aromatic nitrogens is 1. The molecule has 2 aliphatic heterocycles. The minimum atomic E-state index is -0.907. The van der Waals surface area contributed by atoms with E-state index in [1.54, 1.807) is 11.0 Å². The van der Waals surface area contributed by atoms with Crippen LogP contribution in [-0.2, 0) is 20.7 Å². The number of ether oxygens (including phenoxy) is 1. The van der Waals surface area contributed by atoms with Crippen LogP contribution in [0.15, 0.2) is 18.2 Å². The number of carboxylic acid groups (broad SMARTS) is 1. The monoisotopic (exact) mass is 360 g/mol. The average molecular weight is 360 g/mol. The summed E-state index contributed by atoms with van der Waals surface area (Å²) in [7, 11) is 0. The van der Waals surface area contributed by atoms with E-state index < -0.39 is 11.4 Å². The van der Waals surface area contributed by atoms with Gasteiger partial charge in [0.2, 0.25) is 5.91 Å². The first-order valence-corrected chi connectivity index (χ1v) is 8.76. The number of amides is 1. The number of aryl methyl sites for hydroxylation is 1. The predicted octanol–water partition coefficient (Wildman–Crippen LogP) is 2.11. The third kappa shape index (κ3) is 2.58. The van der Waals surface area contributed by atoms with Crippen LogP contribution in [0, 0.1) is 24.1 Å². The van der Waals surface area contributed by atoms with Crippen molar-refractivity contribution in [3.63, 3.8) is 0 Å². The molecule has 0 saturated carbocycles. The lowest BCUT2D eigenvalue weighted by Crippen LogP contribution is -2.45. The van der Waals surface area contributed by atoms with Crippen LogP contribution in [0.4, 0.5) is 4.39 Å². The molecule has 2 N–H and O–H groups in total. The Labute approximate surface area is 149 Å². The van der Waals surface area contributed by atoms with Crippen LogP contribution in [0.1, 0.15) is 17.7 Å². The summed E-state index contributed by atoms with van der Waals surface area (Å²) in [4.78, 5) is 29.6. The van der Waals surface area contributed by atoms with Crippen molar-refractivity contribution in [3.8, 4) is 0 Å². The fraction of sp³-hybridized carbons (Fsp3) is 0.474. The van der Waals surface area contributed by atoms with Gasteiger partial charge in [0.15, 0.2) is 0 Å². The van der Waals surface area contributed by atoms with E-state index in [9.17, 15) is 19.1 Å². The molecule has 138 valence electrons. The number of rotatable bonds is 3. The van der Waals surface area contributed by atoms with Crippen LogP contribution in [0.25, 0.3) is 10.9 Å². The summed E-state index contributed by atoms with van der Waals surface area (Å²) in [6.07, 6.45) is 0.548. The number of nitrogens with zero attached hydrogens (tertiary/aromatic N) is 1. The lowest BCUT2D eigenvalue weighted by Gasteiger charge is -2.33. The molecule has 6 nitrogen and oxygen atoms in total. The lowest BCUT2D eigenvalue weighted by molar-refractivity contribution is -0.157. The molecule has 0 spiro atoms. The summed E-state index contributed by atoms with van der Waals surface area (Å²) in [5, 5.41) is 10.4. The predicted molar refractivity (Wildman–Crippen MR) is 92.3 cm³/mol. The van der Waals surface area contributed by atoms with Crippen LogP contribution < -0.4 is 0 Å². The Kier molecular flexibility index (Phi) is 3.99. The van der Waals surface area contributed by atoms with Crippen LogP contribution in [0.2, 0.25) is 0 Å². The van der Waals surface area contributed by atoms with E-state index in [2.05, 4.69) is 4.98 Å². The molecule has 0 unspecified atom stereocenters. The second-order valence-corrected chi connectivity index (χ2v) is 7.35. The number of halogens is 1. The van der Waals surface area contributed by atoms with E-state index >= 15 is 0 Å². The van der Waals surface area contributed by atoms with Gasteiger partial charge in [-0.3, -0.25) is 9.59 Å². The zero-order chi connectivity index (χ0) is 18.5. The van der Waals surface area contributed by atoms with Gasteiger partial charge in [-0.15, -0.1) is 0 Å². The minimum absolute atomic E-state index is 0.124. The van der Waals surface area contributed by atoms with Crippen molar-refractivity contribution >= 4 is 22.8 Å². The van der Waals surface area contributed by atoms with Gasteiger partial charge in [0, 0.05) is 42.2 Å². The van der Waals surface area contributed by atoms with Crippen molar-refractivity contribution in [1.82, 2.24) is 9.88 Å². The fourth-order valence-electron chi connectivity index (χ4n) is 4.33. The van der Waals surface area contributed by atoms with E-state index in [-0.39, 0.29) is 30.6 Å². The lowest BCUT2D eigenvalue weighted by atomic mass is 9.74. The number of aliphatic carboxylic acids is 1. The van der Waals surface area contributed by atoms with Crippen molar-refractivity contribution in [2.24, 2.45) is 11.3 Å². The Hall–Kier alpha value is -2.41. The van der Waals surface area contributed by atoms with Gasteiger partial charge in [0.05, 0.1) is 18.4 Å². The maximum absolute atomic E-state index is 13.6. The molecule has 0 bridgehead atoms. The van der Waals surface area contributed by atoms with Gasteiger partial charge < -0.3 is 19.7 Å². The summed E-state index contributed by atoms with van der Waals surface area (Å²) in [5.41, 5.74) is 1.47. The Bertz CT molecular complexity index is 893. The molecule has 2 aliphatic rings. The highest BCUT2D eigenvalue weighted by atomic mass is 19.1. The third-order valence-corrected chi connectivity index (χ3v) is 5.90. The fourth-order valence-corrected chi connectivity index (χ4v) is 4.33. The molecule has 1 amide bonds. The number of benzene rings is 1. The summed E-state index contributed by atoms with van der Waals surface area (Å²) in [6.45, 7) is 3.24. The summed E-state index contributed by atoms with van der Waals surface area (Å²) >= 11 is 0. The van der Waals surface area contributed by atoms with Gasteiger partial charge in [-0.1, -0.05) is 0 Å². The minimum Gasteiger partial charge on any atom is -0.481 e. The zero-order valence-electron chi connectivity index (χ0n) is 14.5. The molecule has 1 aromatic heterocycles. The molecule has 2 aromatic rings. The number of nitrogens with one attached hydrogen (secondary N) is 1. The van der Waals surface area contributed by atoms with E-state index in [0.29, 0.717) is 31.6 Å². The van der Waals surface area contributed by atoms with Crippen molar-refractivity contribution in [3.05, 3.63) is 35.3 Å². The molecule has 26 heavy (non-hydrogen) atoms. The Morgan fingerprint density at radius 3 is 3.00 bits per heavy atom. The molecular formula is C19H21FN2O4. The smallest absolute Gasteiger partial charge is 0.311 e. The van der Waals surface area contributed by atoms with E-state index in [1.165, 1.54) is 12.1 Å². The highest BCUT2D eigenvalue weighted by Crippen LogP contribution is 2.42.